The van der Waals surface area contributed by atoms with Crippen LogP contribution in [0.3, 0.4) is 0 Å². The molecular weight excluding hydrogens is 402 g/mol. The Hall–Kier alpha value is -3.11. The van der Waals surface area contributed by atoms with E-state index in [-0.39, 0.29) is 18.7 Å². The predicted octanol–water partition coefficient (Wildman–Crippen LogP) is 0.0186. The van der Waals surface area contributed by atoms with Gasteiger partial charge in [-0.05, 0) is 18.6 Å². The fourth-order valence-corrected chi connectivity index (χ4v) is 3.78. The normalized spacial score (nSPS) is 15.4. The summed E-state index contributed by atoms with van der Waals surface area (Å²) in [4.78, 5) is 32.0. The molecule has 1 unspecified atom stereocenters. The zero-order chi connectivity index (χ0) is 22.1. The number of fused-ring (bicyclic) bond motifs is 1. The van der Waals surface area contributed by atoms with Gasteiger partial charge < -0.3 is 24.0 Å². The Kier molecular flexibility index (Phi) is 5.84. The van der Waals surface area contributed by atoms with Gasteiger partial charge in [0, 0.05) is 27.2 Å². The molecule has 31 heavy (non-hydrogen) atoms. The van der Waals surface area contributed by atoms with Gasteiger partial charge in [0.25, 0.3) is 5.56 Å². The maximum absolute atomic E-state index is 13.0. The molecule has 10 nitrogen and oxygen atoms in total. The predicted molar refractivity (Wildman–Crippen MR) is 116 cm³/mol. The molecule has 1 aromatic carbocycles. The molecule has 1 fully saturated rings. The fourth-order valence-electron chi connectivity index (χ4n) is 3.78. The molecule has 3 aromatic rings. The monoisotopic (exact) mass is 429 g/mol. The van der Waals surface area contributed by atoms with Gasteiger partial charge in [-0.1, -0.05) is 18.2 Å². The lowest BCUT2D eigenvalue weighted by molar-refractivity contribution is 0.0924. The minimum Gasteiger partial charge on any atom is -0.491 e. The second-order valence-corrected chi connectivity index (χ2v) is 7.73. The number of nitrogens with zero attached hydrogens (tertiary/aromatic N) is 5. The highest BCUT2D eigenvalue weighted by Gasteiger charge is 2.25. The molecule has 3 heterocycles. The Balaban J connectivity index is 1.71. The summed E-state index contributed by atoms with van der Waals surface area (Å²) < 4.78 is 15.3. The number of para-hydroxylation sites is 1. The number of benzene rings is 1. The van der Waals surface area contributed by atoms with Gasteiger partial charge in [-0.3, -0.25) is 13.9 Å². The Bertz CT molecular complexity index is 1210. The summed E-state index contributed by atoms with van der Waals surface area (Å²) >= 11 is 0. The van der Waals surface area contributed by atoms with Gasteiger partial charge in [0.2, 0.25) is 5.95 Å². The van der Waals surface area contributed by atoms with Crippen LogP contribution in [0.4, 0.5) is 5.95 Å². The average molecular weight is 429 g/mol. The van der Waals surface area contributed by atoms with Gasteiger partial charge >= 0.3 is 5.69 Å². The highest BCUT2D eigenvalue weighted by molar-refractivity contribution is 5.74. The molecule has 1 aliphatic rings. The van der Waals surface area contributed by atoms with E-state index in [2.05, 4.69) is 4.98 Å². The number of aromatic nitrogens is 4. The van der Waals surface area contributed by atoms with Crippen molar-refractivity contribution in [3.63, 3.8) is 0 Å². The molecule has 1 saturated heterocycles. The number of ether oxygens (including phenoxy) is 2. The second kappa shape index (κ2) is 8.56. The Morgan fingerprint density at radius 2 is 1.87 bits per heavy atom. The molecule has 1 atom stereocenters. The first-order valence-corrected chi connectivity index (χ1v) is 10.2. The SMILES string of the molecule is Cc1ccccc1OCC(O)Cn1c(N2CCOCC2)nc2c1c(=O)n(C)c(=O)n2C. The molecule has 4 rings (SSSR count). The third-order valence-electron chi connectivity index (χ3n) is 5.54. The van der Waals surface area contributed by atoms with Crippen molar-refractivity contribution < 1.29 is 14.6 Å². The third kappa shape index (κ3) is 3.96. The summed E-state index contributed by atoms with van der Waals surface area (Å²) in [5.41, 5.74) is 0.652. The van der Waals surface area contributed by atoms with E-state index in [0.29, 0.717) is 43.6 Å². The Labute approximate surface area is 178 Å². The molecule has 10 heteroatoms. The molecule has 0 aliphatic carbocycles. The van der Waals surface area contributed by atoms with Crippen molar-refractivity contribution in [1.82, 2.24) is 18.7 Å². The smallest absolute Gasteiger partial charge is 0.332 e. The Morgan fingerprint density at radius 1 is 1.16 bits per heavy atom. The summed E-state index contributed by atoms with van der Waals surface area (Å²) in [6, 6.07) is 7.58. The lowest BCUT2D eigenvalue weighted by Crippen LogP contribution is -2.39. The summed E-state index contributed by atoms with van der Waals surface area (Å²) in [5, 5.41) is 10.7. The van der Waals surface area contributed by atoms with Crippen LogP contribution in [0.2, 0.25) is 0 Å². The number of aliphatic hydroxyl groups excluding tert-OH is 1. The van der Waals surface area contributed by atoms with E-state index in [1.54, 1.807) is 11.6 Å². The van der Waals surface area contributed by atoms with Crippen LogP contribution in [0.25, 0.3) is 11.2 Å². The van der Waals surface area contributed by atoms with Crippen molar-refractivity contribution in [3.05, 3.63) is 50.7 Å². The summed E-state index contributed by atoms with van der Waals surface area (Å²) in [6.07, 6.45) is -0.890. The molecule has 0 spiro atoms. The highest BCUT2D eigenvalue weighted by Crippen LogP contribution is 2.22. The standard InChI is InChI=1S/C21H27N5O5/c1-14-6-4-5-7-16(14)31-13-15(27)12-26-17-18(23(2)21(29)24(3)19(17)28)22-20(26)25-8-10-30-11-9-25/h4-7,15,27H,8-13H2,1-3H3. The van der Waals surface area contributed by atoms with E-state index in [0.717, 1.165) is 10.1 Å². The molecule has 1 aliphatic heterocycles. The van der Waals surface area contributed by atoms with E-state index in [1.165, 1.54) is 11.6 Å². The topological polar surface area (TPSA) is 104 Å². The zero-order valence-electron chi connectivity index (χ0n) is 17.9. The van der Waals surface area contributed by atoms with Gasteiger partial charge in [-0.15, -0.1) is 0 Å². The quantitative estimate of drug-likeness (QED) is 0.589. The number of hydrogen-bond acceptors (Lipinski definition) is 7. The number of imidazole rings is 1. The van der Waals surface area contributed by atoms with Crippen LogP contribution < -0.4 is 20.9 Å². The molecule has 0 bridgehead atoms. The van der Waals surface area contributed by atoms with Crippen LogP contribution >= 0.6 is 0 Å². The van der Waals surface area contributed by atoms with Crippen molar-refractivity contribution >= 4 is 17.1 Å². The van der Waals surface area contributed by atoms with Crippen LogP contribution in [0, 0.1) is 6.92 Å². The van der Waals surface area contributed by atoms with Crippen molar-refractivity contribution in [3.8, 4) is 5.75 Å². The molecule has 0 saturated carbocycles. The maximum Gasteiger partial charge on any atom is 0.332 e. The number of morpholine rings is 1. The first kappa shape index (κ1) is 21.1. The van der Waals surface area contributed by atoms with Gasteiger partial charge in [0.15, 0.2) is 11.2 Å². The Morgan fingerprint density at radius 3 is 2.58 bits per heavy atom. The maximum atomic E-state index is 13.0. The lowest BCUT2D eigenvalue weighted by atomic mass is 10.2. The molecule has 166 valence electrons. The van der Waals surface area contributed by atoms with Crippen LogP contribution in [0.5, 0.6) is 5.75 Å². The average Bonchev–Trinajstić information content (AvgIpc) is 3.15. The van der Waals surface area contributed by atoms with Crippen LogP contribution in [0.15, 0.2) is 33.9 Å². The van der Waals surface area contributed by atoms with Crippen LogP contribution in [-0.4, -0.2) is 62.8 Å². The second-order valence-electron chi connectivity index (χ2n) is 7.73. The van der Waals surface area contributed by atoms with Crippen molar-refractivity contribution in [2.75, 3.05) is 37.8 Å². The van der Waals surface area contributed by atoms with Gasteiger partial charge in [-0.2, -0.15) is 4.98 Å². The summed E-state index contributed by atoms with van der Waals surface area (Å²) in [5.74, 6) is 1.23. The summed E-state index contributed by atoms with van der Waals surface area (Å²) in [6.45, 7) is 4.38. The van der Waals surface area contributed by atoms with E-state index in [4.69, 9.17) is 9.47 Å². The van der Waals surface area contributed by atoms with Crippen molar-refractivity contribution in [2.24, 2.45) is 14.1 Å². The highest BCUT2D eigenvalue weighted by atomic mass is 16.5. The number of aryl methyl sites for hydroxylation is 2. The van der Waals surface area contributed by atoms with Crippen LogP contribution in [-0.2, 0) is 25.4 Å². The minimum absolute atomic E-state index is 0.0547. The molecule has 1 N–H and O–H groups in total. The fraction of sp³-hybridized carbons (Fsp3) is 0.476. The molecule has 0 amide bonds. The lowest BCUT2D eigenvalue weighted by Gasteiger charge is -2.28. The number of anilines is 1. The van der Waals surface area contributed by atoms with E-state index in [9.17, 15) is 14.7 Å². The third-order valence-corrected chi connectivity index (χ3v) is 5.54. The summed E-state index contributed by atoms with van der Waals surface area (Å²) in [7, 11) is 3.02. The molecular formula is C21H27N5O5. The van der Waals surface area contributed by atoms with Gasteiger partial charge in [0.05, 0.1) is 19.8 Å². The zero-order valence-corrected chi connectivity index (χ0v) is 17.9. The molecule has 2 aromatic heterocycles. The minimum atomic E-state index is -0.890. The number of aliphatic hydroxyl groups is 1. The van der Waals surface area contributed by atoms with E-state index < -0.39 is 17.4 Å². The van der Waals surface area contributed by atoms with Crippen LogP contribution in [0.1, 0.15) is 5.56 Å². The number of hydrogen-bond donors (Lipinski definition) is 1. The van der Waals surface area contributed by atoms with E-state index >= 15 is 0 Å². The van der Waals surface area contributed by atoms with Crippen molar-refractivity contribution in [1.29, 1.82) is 0 Å². The molecule has 0 radical (unpaired) electrons. The van der Waals surface area contributed by atoms with Gasteiger partial charge in [0.1, 0.15) is 18.5 Å². The first-order valence-electron chi connectivity index (χ1n) is 10.2. The van der Waals surface area contributed by atoms with Gasteiger partial charge in [-0.25, -0.2) is 4.79 Å². The van der Waals surface area contributed by atoms with Crippen molar-refractivity contribution in [2.45, 2.75) is 19.6 Å². The first-order chi connectivity index (χ1) is 14.9. The number of rotatable bonds is 6. The largest absolute Gasteiger partial charge is 0.491 e. The van der Waals surface area contributed by atoms with E-state index in [1.807, 2.05) is 36.1 Å².